The summed E-state index contributed by atoms with van der Waals surface area (Å²) in [4.78, 5) is 0. The van der Waals surface area contributed by atoms with Crippen LogP contribution >= 0.6 is 27.5 Å². The molecule has 0 fully saturated rings. The summed E-state index contributed by atoms with van der Waals surface area (Å²) < 4.78 is 40.7. The molecule has 0 spiro atoms. The summed E-state index contributed by atoms with van der Waals surface area (Å²) in [5.74, 6) is 0. The van der Waals surface area contributed by atoms with E-state index in [-0.39, 0.29) is 5.57 Å². The maximum Gasteiger partial charge on any atom is 0.416 e. The summed E-state index contributed by atoms with van der Waals surface area (Å²) in [6.07, 6.45) is -0.522. The van der Waals surface area contributed by atoms with Crippen LogP contribution in [0.3, 0.4) is 0 Å². The average Bonchev–Trinajstić information content (AvgIpc) is 2.89. The highest BCUT2D eigenvalue weighted by molar-refractivity contribution is 9.10. The number of allylic oxidation sites excluding steroid dienone is 4. The third kappa shape index (κ3) is 3.91. The lowest BCUT2D eigenvalue weighted by Crippen LogP contribution is -2.12. The van der Waals surface area contributed by atoms with Crippen LogP contribution in [0.1, 0.15) is 16.7 Å². The van der Waals surface area contributed by atoms with Gasteiger partial charge in [-0.15, -0.1) is 0 Å². The van der Waals surface area contributed by atoms with Crippen LogP contribution in [0.5, 0.6) is 0 Å². The van der Waals surface area contributed by atoms with Crippen LogP contribution in [0.25, 0.3) is 11.6 Å². The molecule has 128 valence electrons. The van der Waals surface area contributed by atoms with Gasteiger partial charge in [0.15, 0.2) is 0 Å². The molecule has 0 nitrogen and oxygen atoms in total. The number of benzene rings is 2. The zero-order valence-corrected chi connectivity index (χ0v) is 15.3. The molecule has 2 aromatic carbocycles. The molecule has 0 N–H and O–H groups in total. The summed E-state index contributed by atoms with van der Waals surface area (Å²) in [6, 6.07) is 12.4. The Bertz CT molecular complexity index is 890. The molecular weight excluding hydrogens is 413 g/mol. The molecule has 0 aromatic heterocycles. The van der Waals surface area contributed by atoms with E-state index in [1.807, 2.05) is 18.2 Å². The molecule has 25 heavy (non-hydrogen) atoms. The highest BCUT2D eigenvalue weighted by Crippen LogP contribution is 2.44. The number of rotatable bonds is 3. The van der Waals surface area contributed by atoms with Crippen molar-refractivity contribution in [1.29, 1.82) is 0 Å². The minimum Gasteiger partial charge on any atom is -0.166 e. The molecule has 0 unspecified atom stereocenters. The van der Waals surface area contributed by atoms with Crippen LogP contribution in [-0.2, 0) is 6.42 Å². The lowest BCUT2D eigenvalue weighted by Gasteiger charge is -2.14. The zero-order chi connectivity index (χ0) is 18.2. The van der Waals surface area contributed by atoms with Crippen molar-refractivity contribution in [2.24, 2.45) is 0 Å². The van der Waals surface area contributed by atoms with Crippen molar-refractivity contribution in [2.45, 2.75) is 12.6 Å². The van der Waals surface area contributed by atoms with Crippen LogP contribution in [-0.4, -0.2) is 6.18 Å². The van der Waals surface area contributed by atoms with E-state index in [4.69, 9.17) is 11.6 Å². The van der Waals surface area contributed by atoms with Crippen molar-refractivity contribution in [3.63, 3.8) is 0 Å². The maximum absolute atomic E-state index is 13.3. The quantitative estimate of drug-likeness (QED) is 0.486. The van der Waals surface area contributed by atoms with Gasteiger partial charge in [-0.25, -0.2) is 0 Å². The van der Waals surface area contributed by atoms with Gasteiger partial charge in [-0.3, -0.25) is 0 Å². The van der Waals surface area contributed by atoms with Gasteiger partial charge in [-0.2, -0.15) is 13.2 Å². The molecule has 5 heteroatoms. The highest BCUT2D eigenvalue weighted by atomic mass is 79.9. The van der Waals surface area contributed by atoms with E-state index in [2.05, 4.69) is 22.5 Å². The molecule has 3 rings (SSSR count). The van der Waals surface area contributed by atoms with Crippen molar-refractivity contribution in [1.82, 2.24) is 0 Å². The Labute approximate surface area is 157 Å². The number of hydrogen-bond donors (Lipinski definition) is 0. The Kier molecular flexibility index (Phi) is 4.94. The first-order chi connectivity index (χ1) is 11.8. The van der Waals surface area contributed by atoms with Gasteiger partial charge in [0.05, 0.1) is 5.57 Å². The number of hydrogen-bond acceptors (Lipinski definition) is 0. The molecule has 0 atom stereocenters. The second-order valence-electron chi connectivity index (χ2n) is 5.74. The van der Waals surface area contributed by atoms with Gasteiger partial charge in [0.1, 0.15) is 0 Å². The Morgan fingerprint density at radius 3 is 2.40 bits per heavy atom. The van der Waals surface area contributed by atoms with Crippen LogP contribution in [0.4, 0.5) is 13.2 Å². The minimum atomic E-state index is -4.47. The van der Waals surface area contributed by atoms with Gasteiger partial charge in [0.2, 0.25) is 0 Å². The zero-order valence-electron chi connectivity index (χ0n) is 13.0. The standard InChI is InChI=1S/C20H13BrClF3/c1-12(20(23,24)25)19-14(5-2-13-3-7-17(22)8-4-13)10-15-11-16(21)6-9-18(15)19/h2-9,11H,1,10H2/b5-2+. The number of halogens is 5. The molecule has 1 aliphatic rings. The maximum atomic E-state index is 13.3. The van der Waals surface area contributed by atoms with Gasteiger partial charge in [-0.1, -0.05) is 64.5 Å². The molecule has 1 aliphatic carbocycles. The van der Waals surface area contributed by atoms with E-state index in [1.165, 1.54) is 0 Å². The molecule has 2 aromatic rings. The summed E-state index contributed by atoms with van der Waals surface area (Å²) in [5.41, 5.74) is 2.26. The van der Waals surface area contributed by atoms with Gasteiger partial charge in [-0.05, 0) is 58.5 Å². The monoisotopic (exact) mass is 424 g/mol. The van der Waals surface area contributed by atoms with Crippen LogP contribution < -0.4 is 0 Å². The summed E-state index contributed by atoms with van der Waals surface area (Å²) in [7, 11) is 0. The fourth-order valence-corrected chi connectivity index (χ4v) is 3.36. The van der Waals surface area contributed by atoms with Crippen molar-refractivity contribution < 1.29 is 13.2 Å². The van der Waals surface area contributed by atoms with E-state index >= 15 is 0 Å². The van der Waals surface area contributed by atoms with Crippen LogP contribution in [0, 0.1) is 0 Å². The van der Waals surface area contributed by atoms with Crippen LogP contribution in [0.2, 0.25) is 5.02 Å². The predicted octanol–water partition coefficient (Wildman–Crippen LogP) is 7.24. The Hall–Kier alpha value is -1.78. The number of fused-ring (bicyclic) bond motifs is 1. The lowest BCUT2D eigenvalue weighted by atomic mass is 9.98. The lowest BCUT2D eigenvalue weighted by molar-refractivity contribution is -0.0867. The normalized spacial score (nSPS) is 14.3. The van der Waals surface area contributed by atoms with Crippen LogP contribution in [0.15, 0.2) is 70.7 Å². The average molecular weight is 426 g/mol. The molecule has 0 aliphatic heterocycles. The van der Waals surface area contributed by atoms with Gasteiger partial charge in [0.25, 0.3) is 0 Å². The molecular formula is C20H13BrClF3. The van der Waals surface area contributed by atoms with E-state index in [0.29, 0.717) is 22.6 Å². The Morgan fingerprint density at radius 1 is 1.08 bits per heavy atom. The molecule has 0 saturated carbocycles. The Morgan fingerprint density at radius 2 is 1.76 bits per heavy atom. The fraction of sp³-hybridized carbons (Fsp3) is 0.100. The van der Waals surface area contributed by atoms with Crippen molar-refractivity contribution in [3.8, 4) is 0 Å². The van der Waals surface area contributed by atoms with E-state index < -0.39 is 11.7 Å². The first-order valence-electron chi connectivity index (χ1n) is 7.48. The topological polar surface area (TPSA) is 0 Å². The Balaban J connectivity index is 2.04. The van der Waals surface area contributed by atoms with Crippen molar-refractivity contribution in [3.05, 3.63) is 92.5 Å². The smallest absolute Gasteiger partial charge is 0.166 e. The molecule has 0 radical (unpaired) electrons. The first kappa shape index (κ1) is 18.0. The summed E-state index contributed by atoms with van der Waals surface area (Å²) in [5, 5.41) is 0.612. The van der Waals surface area contributed by atoms with Gasteiger partial charge < -0.3 is 0 Å². The largest absolute Gasteiger partial charge is 0.416 e. The fourth-order valence-electron chi connectivity index (χ4n) is 2.83. The summed E-state index contributed by atoms with van der Waals surface area (Å²) in [6.45, 7) is 3.30. The van der Waals surface area contributed by atoms with Gasteiger partial charge >= 0.3 is 6.18 Å². The van der Waals surface area contributed by atoms with E-state index in [1.54, 1.807) is 36.4 Å². The van der Waals surface area contributed by atoms with Crippen molar-refractivity contribution in [2.75, 3.05) is 0 Å². The van der Waals surface area contributed by atoms with E-state index in [0.717, 1.165) is 15.6 Å². The third-order valence-electron chi connectivity index (χ3n) is 4.03. The second kappa shape index (κ2) is 6.85. The van der Waals surface area contributed by atoms with E-state index in [9.17, 15) is 13.2 Å². The number of alkyl halides is 3. The SMILES string of the molecule is C=C(C1=C(/C=C/c2ccc(Cl)cc2)Cc2cc(Br)ccc21)C(F)(F)F. The molecule has 0 heterocycles. The molecule has 0 amide bonds. The third-order valence-corrected chi connectivity index (χ3v) is 4.77. The van der Waals surface area contributed by atoms with Crippen molar-refractivity contribution >= 4 is 39.2 Å². The predicted molar refractivity (Wildman–Crippen MR) is 100 cm³/mol. The minimum absolute atomic E-state index is 0.167. The molecule has 0 saturated heterocycles. The first-order valence-corrected chi connectivity index (χ1v) is 8.65. The highest BCUT2D eigenvalue weighted by Gasteiger charge is 2.38. The van der Waals surface area contributed by atoms with Gasteiger partial charge in [0, 0.05) is 9.50 Å². The second-order valence-corrected chi connectivity index (χ2v) is 7.09. The summed E-state index contributed by atoms with van der Waals surface area (Å²) >= 11 is 9.23. The molecule has 0 bridgehead atoms.